The van der Waals surface area contributed by atoms with Crippen molar-refractivity contribution in [2.75, 3.05) is 18.4 Å². The lowest BCUT2D eigenvalue weighted by Crippen LogP contribution is -2.32. The Bertz CT molecular complexity index is 1200. The predicted molar refractivity (Wildman–Crippen MR) is 125 cm³/mol. The third-order valence-electron chi connectivity index (χ3n) is 6.08. The van der Waals surface area contributed by atoms with Crippen molar-refractivity contribution in [2.24, 2.45) is 5.92 Å². The van der Waals surface area contributed by atoms with Crippen LogP contribution < -0.4 is 5.32 Å². The van der Waals surface area contributed by atoms with Gasteiger partial charge in [-0.25, -0.2) is 8.42 Å². The molecule has 2 aliphatic rings. The van der Waals surface area contributed by atoms with Crippen LogP contribution >= 0.6 is 0 Å². The molecule has 8 heteroatoms. The molecule has 0 fully saturated rings. The number of anilines is 1. The van der Waals surface area contributed by atoms with E-state index >= 15 is 0 Å². The van der Waals surface area contributed by atoms with E-state index in [2.05, 4.69) is 30.6 Å². The van der Waals surface area contributed by atoms with Crippen LogP contribution in [-0.4, -0.2) is 30.7 Å². The van der Waals surface area contributed by atoms with Crippen LogP contribution in [-0.2, 0) is 10.0 Å². The zero-order valence-electron chi connectivity index (χ0n) is 17.6. The second kappa shape index (κ2) is 8.72. The van der Waals surface area contributed by atoms with E-state index in [1.54, 1.807) is 42.5 Å². The van der Waals surface area contributed by atoms with Crippen LogP contribution in [0, 0.1) is 16.0 Å². The van der Waals surface area contributed by atoms with Gasteiger partial charge in [-0.05, 0) is 41.7 Å². The Labute approximate surface area is 188 Å². The smallest absolute Gasteiger partial charge is 0.269 e. The topological polar surface area (TPSA) is 92.5 Å². The third kappa shape index (κ3) is 3.87. The summed E-state index contributed by atoms with van der Waals surface area (Å²) in [6.07, 6.45) is 8.12. The first-order valence-corrected chi connectivity index (χ1v) is 11.8. The maximum atomic E-state index is 13.2. The van der Waals surface area contributed by atoms with Crippen molar-refractivity contribution in [1.29, 1.82) is 0 Å². The Balaban J connectivity index is 1.73. The fraction of sp³-hybridized carbons (Fsp3) is 0.250. The molecule has 0 saturated carbocycles. The second-order valence-corrected chi connectivity index (χ2v) is 9.91. The molecule has 0 spiro atoms. The number of hydrogen-bond acceptors (Lipinski definition) is 5. The van der Waals surface area contributed by atoms with Crippen LogP contribution in [0.2, 0.25) is 0 Å². The van der Waals surface area contributed by atoms with Gasteiger partial charge in [0.25, 0.3) is 5.69 Å². The van der Waals surface area contributed by atoms with Crippen LogP contribution in [0.5, 0.6) is 0 Å². The van der Waals surface area contributed by atoms with Gasteiger partial charge < -0.3 is 5.32 Å². The first kappa shape index (κ1) is 22.0. The lowest BCUT2D eigenvalue weighted by molar-refractivity contribution is -0.384. The number of benzene rings is 2. The maximum Gasteiger partial charge on any atom is 0.269 e. The number of nitro benzene ring substituents is 1. The largest absolute Gasteiger partial charge is 0.378 e. The first-order valence-electron chi connectivity index (χ1n) is 10.4. The molecule has 0 radical (unpaired) electrons. The average Bonchev–Trinajstić information content (AvgIpc) is 3.28. The summed E-state index contributed by atoms with van der Waals surface area (Å²) in [7, 11) is -3.70. The molecule has 1 heterocycles. The minimum atomic E-state index is -3.70. The molecular weight excluding hydrogens is 426 g/mol. The molecule has 0 saturated heterocycles. The molecule has 32 heavy (non-hydrogen) atoms. The fourth-order valence-electron chi connectivity index (χ4n) is 4.60. The van der Waals surface area contributed by atoms with Crippen molar-refractivity contribution in [3.8, 4) is 0 Å². The van der Waals surface area contributed by atoms with Crippen molar-refractivity contribution < 1.29 is 13.3 Å². The van der Waals surface area contributed by atoms with Gasteiger partial charge in [0, 0.05) is 36.8 Å². The standard InChI is InChI=1S/C24H25N3O4S/c1-3-13-26(14-4-2)32(30,31)19-11-12-23-22(16-19)20-9-6-10-21(20)24(25-23)17-7-5-8-18(15-17)27(28)29/h3-9,11-12,15-16,20-21,24-25H,1-2,10,13-14H2. The highest BCUT2D eigenvalue weighted by Crippen LogP contribution is 2.50. The number of nitrogens with zero attached hydrogens (tertiary/aromatic N) is 2. The zero-order valence-corrected chi connectivity index (χ0v) is 18.4. The number of rotatable bonds is 8. The van der Waals surface area contributed by atoms with Crippen molar-refractivity contribution in [2.45, 2.75) is 23.3 Å². The van der Waals surface area contributed by atoms with Crippen LogP contribution in [0.25, 0.3) is 0 Å². The molecule has 1 aliphatic carbocycles. The van der Waals surface area contributed by atoms with E-state index in [9.17, 15) is 18.5 Å². The molecule has 0 amide bonds. The molecule has 1 N–H and O–H groups in total. The van der Waals surface area contributed by atoms with E-state index < -0.39 is 10.0 Å². The minimum Gasteiger partial charge on any atom is -0.378 e. The van der Waals surface area contributed by atoms with Gasteiger partial charge >= 0.3 is 0 Å². The molecule has 4 rings (SSSR count). The molecular formula is C24H25N3O4S. The molecule has 1 aliphatic heterocycles. The Morgan fingerprint density at radius 3 is 2.59 bits per heavy atom. The average molecular weight is 452 g/mol. The Morgan fingerprint density at radius 1 is 1.16 bits per heavy atom. The lowest BCUT2D eigenvalue weighted by Gasteiger charge is -2.37. The number of fused-ring (bicyclic) bond motifs is 3. The summed E-state index contributed by atoms with van der Waals surface area (Å²) in [6.45, 7) is 7.71. The van der Waals surface area contributed by atoms with Gasteiger partial charge in [0.15, 0.2) is 0 Å². The van der Waals surface area contributed by atoms with Crippen LogP contribution in [0.1, 0.15) is 29.5 Å². The summed E-state index contributed by atoms with van der Waals surface area (Å²) < 4.78 is 27.7. The highest BCUT2D eigenvalue weighted by atomic mass is 32.2. The molecule has 3 atom stereocenters. The summed E-state index contributed by atoms with van der Waals surface area (Å²) in [5, 5.41) is 14.7. The highest BCUT2D eigenvalue weighted by Gasteiger charge is 2.39. The lowest BCUT2D eigenvalue weighted by atomic mass is 9.77. The Hall–Kier alpha value is -3.23. The van der Waals surface area contributed by atoms with Crippen molar-refractivity contribution in [3.05, 3.63) is 101 Å². The molecule has 0 aromatic heterocycles. The van der Waals surface area contributed by atoms with Gasteiger partial charge in [-0.3, -0.25) is 10.1 Å². The van der Waals surface area contributed by atoms with Gasteiger partial charge in [0.2, 0.25) is 10.0 Å². The number of nitrogens with one attached hydrogen (secondary N) is 1. The van der Waals surface area contributed by atoms with Gasteiger partial charge in [0.05, 0.1) is 15.9 Å². The van der Waals surface area contributed by atoms with Gasteiger partial charge in [-0.1, -0.05) is 36.4 Å². The molecule has 3 unspecified atom stereocenters. The molecule has 166 valence electrons. The van der Waals surface area contributed by atoms with Crippen molar-refractivity contribution >= 4 is 21.4 Å². The maximum absolute atomic E-state index is 13.2. The van der Waals surface area contributed by atoms with Crippen LogP contribution in [0.3, 0.4) is 0 Å². The minimum absolute atomic E-state index is 0.0259. The normalized spacial score (nSPS) is 21.5. The van der Waals surface area contributed by atoms with Crippen LogP contribution in [0.4, 0.5) is 11.4 Å². The molecule has 2 aromatic carbocycles. The first-order chi connectivity index (χ1) is 15.4. The quantitative estimate of drug-likeness (QED) is 0.354. The number of sulfonamides is 1. The summed E-state index contributed by atoms with van der Waals surface area (Å²) in [5.41, 5.74) is 2.67. The monoisotopic (exact) mass is 451 g/mol. The zero-order chi connectivity index (χ0) is 22.9. The van der Waals surface area contributed by atoms with Crippen LogP contribution in [0.15, 0.2) is 84.8 Å². The van der Waals surface area contributed by atoms with E-state index in [1.807, 2.05) is 6.07 Å². The number of non-ortho nitro benzene ring substituents is 1. The van der Waals surface area contributed by atoms with Crippen molar-refractivity contribution in [3.63, 3.8) is 0 Å². The summed E-state index contributed by atoms with van der Waals surface area (Å²) in [4.78, 5) is 11.1. The molecule has 2 aromatic rings. The van der Waals surface area contributed by atoms with E-state index in [0.717, 1.165) is 23.2 Å². The van der Waals surface area contributed by atoms with E-state index in [1.165, 1.54) is 10.4 Å². The number of hydrogen-bond donors (Lipinski definition) is 1. The summed E-state index contributed by atoms with van der Waals surface area (Å²) in [5.74, 6) is 0.165. The van der Waals surface area contributed by atoms with E-state index in [-0.39, 0.29) is 46.5 Å². The van der Waals surface area contributed by atoms with Gasteiger partial charge in [-0.15, -0.1) is 13.2 Å². The highest BCUT2D eigenvalue weighted by molar-refractivity contribution is 7.89. The SMILES string of the molecule is C=CCN(CC=C)S(=O)(=O)c1ccc2c(c1)C1C=CCC1C(c1cccc([N+](=O)[O-])c1)N2. The van der Waals surface area contributed by atoms with Gasteiger partial charge in [0.1, 0.15) is 0 Å². The molecule has 7 nitrogen and oxygen atoms in total. The molecule has 0 bridgehead atoms. The Morgan fingerprint density at radius 2 is 1.91 bits per heavy atom. The number of allylic oxidation sites excluding steroid dienone is 2. The third-order valence-corrected chi connectivity index (χ3v) is 7.91. The Kier molecular flexibility index (Phi) is 5.99. The second-order valence-electron chi connectivity index (χ2n) is 7.98. The number of nitro groups is 1. The van der Waals surface area contributed by atoms with Crippen molar-refractivity contribution in [1.82, 2.24) is 4.31 Å². The summed E-state index contributed by atoms with van der Waals surface area (Å²) >= 11 is 0. The fourth-order valence-corrected chi connectivity index (χ4v) is 6.02. The van der Waals surface area contributed by atoms with Gasteiger partial charge in [-0.2, -0.15) is 4.31 Å². The van der Waals surface area contributed by atoms with E-state index in [0.29, 0.717) is 0 Å². The predicted octanol–water partition coefficient (Wildman–Crippen LogP) is 4.78. The van der Waals surface area contributed by atoms with E-state index in [4.69, 9.17) is 0 Å². The summed E-state index contributed by atoms with van der Waals surface area (Å²) in [6, 6.07) is 11.7.